The number of allylic oxidation sites excluding steroid dienone is 5. The van der Waals surface area contributed by atoms with Crippen molar-refractivity contribution in [2.75, 3.05) is 0 Å². The smallest absolute Gasteiger partial charge is 0.0146 e. The lowest BCUT2D eigenvalue weighted by atomic mass is 9.61. The van der Waals surface area contributed by atoms with E-state index in [0.29, 0.717) is 17.3 Å². The van der Waals surface area contributed by atoms with Crippen molar-refractivity contribution in [1.29, 1.82) is 0 Å². The van der Waals surface area contributed by atoms with E-state index < -0.39 is 0 Å². The molecule has 3 rings (SSSR count). The molecule has 0 aromatic heterocycles. The SMILES string of the molecule is C=C1CCCCC1C/C=C1\CCCC2(C)C1CCC2[C@H](C)/C=C/[C@H](C)C(C)C. The average molecular weight is 383 g/mol. The Balaban J connectivity index is 1.68. The zero-order valence-electron chi connectivity index (χ0n) is 19.5. The van der Waals surface area contributed by atoms with Gasteiger partial charge in [0.1, 0.15) is 0 Å². The van der Waals surface area contributed by atoms with Crippen LogP contribution in [0.5, 0.6) is 0 Å². The molecule has 0 spiro atoms. The van der Waals surface area contributed by atoms with E-state index >= 15 is 0 Å². The molecule has 0 bridgehead atoms. The predicted molar refractivity (Wildman–Crippen MR) is 124 cm³/mol. The van der Waals surface area contributed by atoms with Gasteiger partial charge in [-0.15, -0.1) is 0 Å². The minimum Gasteiger partial charge on any atom is -0.0996 e. The fraction of sp³-hybridized carbons (Fsp3) is 0.786. The summed E-state index contributed by atoms with van der Waals surface area (Å²) in [6.45, 7) is 16.6. The first-order valence-corrected chi connectivity index (χ1v) is 12.4. The first-order valence-electron chi connectivity index (χ1n) is 12.4. The summed E-state index contributed by atoms with van der Waals surface area (Å²) in [5.41, 5.74) is 3.88. The third-order valence-corrected chi connectivity index (χ3v) is 8.98. The van der Waals surface area contributed by atoms with E-state index in [2.05, 4.69) is 59.4 Å². The summed E-state index contributed by atoms with van der Waals surface area (Å²) in [5.74, 6) is 4.63. The van der Waals surface area contributed by atoms with Crippen LogP contribution in [0.1, 0.15) is 98.8 Å². The van der Waals surface area contributed by atoms with Gasteiger partial charge in [0.25, 0.3) is 0 Å². The second-order valence-corrected chi connectivity index (χ2v) is 11.1. The van der Waals surface area contributed by atoms with E-state index in [9.17, 15) is 0 Å². The van der Waals surface area contributed by atoms with Gasteiger partial charge in [-0.25, -0.2) is 0 Å². The predicted octanol–water partition coefficient (Wildman–Crippen LogP) is 8.75. The van der Waals surface area contributed by atoms with E-state index in [-0.39, 0.29) is 0 Å². The van der Waals surface area contributed by atoms with Crippen LogP contribution >= 0.6 is 0 Å². The molecule has 0 nitrogen and oxygen atoms in total. The van der Waals surface area contributed by atoms with Crippen LogP contribution in [0.4, 0.5) is 0 Å². The molecule has 4 unspecified atom stereocenters. The molecule has 0 radical (unpaired) electrons. The summed E-state index contributed by atoms with van der Waals surface area (Å²) in [6.07, 6.45) is 21.5. The molecule has 3 fully saturated rings. The standard InChI is InChI=1S/C28H46/c1-20(2)21(3)13-14-23(5)26-17-18-27-25(12-9-19-28(26,27)6)16-15-24-11-8-7-10-22(24)4/h13-14,16,20-21,23-24,26-27H,4,7-12,15,17-19H2,1-3,5-6H3/b14-13+,25-16+/t21-,23+,24?,26?,27?,28?/m0/s1. The van der Waals surface area contributed by atoms with Crippen LogP contribution in [0.25, 0.3) is 0 Å². The summed E-state index contributed by atoms with van der Waals surface area (Å²) in [6, 6.07) is 0. The summed E-state index contributed by atoms with van der Waals surface area (Å²) in [5, 5.41) is 0. The number of hydrogen-bond acceptors (Lipinski definition) is 0. The van der Waals surface area contributed by atoms with Crippen molar-refractivity contribution in [3.05, 3.63) is 36.0 Å². The van der Waals surface area contributed by atoms with Gasteiger partial charge in [-0.3, -0.25) is 0 Å². The van der Waals surface area contributed by atoms with Gasteiger partial charge in [0.2, 0.25) is 0 Å². The lowest BCUT2D eigenvalue weighted by Crippen LogP contribution is -2.35. The van der Waals surface area contributed by atoms with Crippen molar-refractivity contribution >= 4 is 0 Å². The van der Waals surface area contributed by atoms with Gasteiger partial charge < -0.3 is 0 Å². The largest absolute Gasteiger partial charge is 0.0996 e. The Morgan fingerprint density at radius 3 is 2.50 bits per heavy atom. The van der Waals surface area contributed by atoms with E-state index in [0.717, 1.165) is 23.7 Å². The van der Waals surface area contributed by atoms with Crippen molar-refractivity contribution in [2.24, 2.45) is 40.9 Å². The van der Waals surface area contributed by atoms with Crippen LogP contribution < -0.4 is 0 Å². The van der Waals surface area contributed by atoms with Gasteiger partial charge in [-0.2, -0.15) is 0 Å². The molecular formula is C28H46. The molecule has 158 valence electrons. The second-order valence-electron chi connectivity index (χ2n) is 11.1. The Labute approximate surface area is 176 Å². The minimum absolute atomic E-state index is 0.526. The fourth-order valence-corrected chi connectivity index (χ4v) is 6.62. The Kier molecular flexibility index (Phi) is 7.32. The molecule has 0 aliphatic heterocycles. The van der Waals surface area contributed by atoms with E-state index in [1.165, 1.54) is 69.8 Å². The molecule has 28 heavy (non-hydrogen) atoms. The average Bonchev–Trinajstić information content (AvgIpc) is 3.02. The first-order chi connectivity index (χ1) is 13.3. The molecule has 0 heterocycles. The van der Waals surface area contributed by atoms with Gasteiger partial charge in [-0.1, -0.05) is 77.0 Å². The Morgan fingerprint density at radius 2 is 1.79 bits per heavy atom. The maximum atomic E-state index is 4.38. The lowest BCUT2D eigenvalue weighted by Gasteiger charge is -2.44. The van der Waals surface area contributed by atoms with Crippen molar-refractivity contribution in [2.45, 2.75) is 98.8 Å². The fourth-order valence-electron chi connectivity index (χ4n) is 6.62. The van der Waals surface area contributed by atoms with Crippen molar-refractivity contribution in [3.8, 4) is 0 Å². The molecular weight excluding hydrogens is 336 g/mol. The van der Waals surface area contributed by atoms with Gasteiger partial charge in [-0.05, 0) is 98.7 Å². The summed E-state index contributed by atoms with van der Waals surface area (Å²) in [7, 11) is 0. The normalized spacial score (nSPS) is 37.6. The van der Waals surface area contributed by atoms with Crippen LogP contribution in [0.15, 0.2) is 36.0 Å². The second kappa shape index (κ2) is 9.36. The molecule has 0 heteroatoms. The highest BCUT2D eigenvalue weighted by Crippen LogP contribution is 2.59. The van der Waals surface area contributed by atoms with Gasteiger partial charge in [0, 0.05) is 0 Å². The third kappa shape index (κ3) is 4.68. The van der Waals surface area contributed by atoms with Crippen LogP contribution in [0, 0.1) is 40.9 Å². The highest BCUT2D eigenvalue weighted by atomic mass is 14.5. The van der Waals surface area contributed by atoms with E-state index in [1.54, 1.807) is 0 Å². The number of rotatable bonds is 6. The molecule has 3 saturated carbocycles. The molecule has 0 amide bonds. The first kappa shape index (κ1) is 21.9. The van der Waals surface area contributed by atoms with Crippen LogP contribution in [0.3, 0.4) is 0 Å². The van der Waals surface area contributed by atoms with Crippen molar-refractivity contribution < 1.29 is 0 Å². The number of hydrogen-bond donors (Lipinski definition) is 0. The minimum atomic E-state index is 0.526. The zero-order chi connectivity index (χ0) is 20.3. The molecule has 0 aromatic rings. The summed E-state index contributed by atoms with van der Waals surface area (Å²) < 4.78 is 0. The van der Waals surface area contributed by atoms with Crippen molar-refractivity contribution in [1.82, 2.24) is 0 Å². The van der Waals surface area contributed by atoms with Gasteiger partial charge in [0.15, 0.2) is 0 Å². The Bertz CT molecular complexity index is 591. The van der Waals surface area contributed by atoms with Gasteiger partial charge in [0.05, 0.1) is 0 Å². The topological polar surface area (TPSA) is 0 Å². The van der Waals surface area contributed by atoms with E-state index in [1.807, 2.05) is 5.57 Å². The molecule has 0 N–H and O–H groups in total. The van der Waals surface area contributed by atoms with E-state index in [4.69, 9.17) is 0 Å². The Morgan fingerprint density at radius 1 is 1.00 bits per heavy atom. The molecule has 3 aliphatic rings. The van der Waals surface area contributed by atoms with Crippen LogP contribution in [-0.2, 0) is 0 Å². The Hall–Kier alpha value is -0.780. The van der Waals surface area contributed by atoms with Gasteiger partial charge >= 0.3 is 0 Å². The summed E-state index contributed by atoms with van der Waals surface area (Å²) >= 11 is 0. The summed E-state index contributed by atoms with van der Waals surface area (Å²) in [4.78, 5) is 0. The molecule has 3 aliphatic carbocycles. The highest BCUT2D eigenvalue weighted by Gasteiger charge is 2.50. The van der Waals surface area contributed by atoms with Crippen LogP contribution in [-0.4, -0.2) is 0 Å². The molecule has 6 atom stereocenters. The molecule has 0 aromatic carbocycles. The lowest BCUT2D eigenvalue weighted by molar-refractivity contribution is 0.111. The maximum Gasteiger partial charge on any atom is -0.0146 e. The quantitative estimate of drug-likeness (QED) is 0.403. The van der Waals surface area contributed by atoms with Crippen LogP contribution in [0.2, 0.25) is 0 Å². The maximum absolute atomic E-state index is 4.38. The third-order valence-electron chi connectivity index (χ3n) is 8.98. The zero-order valence-corrected chi connectivity index (χ0v) is 19.5. The highest BCUT2D eigenvalue weighted by molar-refractivity contribution is 5.20. The molecule has 0 saturated heterocycles. The van der Waals surface area contributed by atoms with Crippen molar-refractivity contribution in [3.63, 3.8) is 0 Å². The monoisotopic (exact) mass is 382 g/mol. The number of fused-ring (bicyclic) bond motifs is 1.